The first-order chi connectivity index (χ1) is 9.65. The molecule has 1 atom stereocenters. The highest BCUT2D eigenvalue weighted by atomic mass is 15.3. The summed E-state index contributed by atoms with van der Waals surface area (Å²) in [6.45, 7) is 2.16. The maximum absolute atomic E-state index is 4.92. The predicted molar refractivity (Wildman–Crippen MR) is 78.3 cm³/mol. The Hall–Kier alpha value is -0.900. The van der Waals surface area contributed by atoms with Crippen LogP contribution < -0.4 is 5.32 Å². The van der Waals surface area contributed by atoms with Crippen LogP contribution in [0.5, 0.6) is 0 Å². The number of aromatic nitrogens is 3. The molecule has 5 rings (SSSR count). The van der Waals surface area contributed by atoms with Crippen LogP contribution in [0, 0.1) is 23.7 Å². The van der Waals surface area contributed by atoms with Crippen molar-refractivity contribution in [3.05, 3.63) is 11.6 Å². The van der Waals surface area contributed by atoms with Gasteiger partial charge in [0.2, 0.25) is 0 Å². The number of nitrogens with zero attached hydrogens (tertiary/aromatic N) is 3. The van der Waals surface area contributed by atoms with E-state index in [-0.39, 0.29) is 6.04 Å². The number of hydrogen-bond donors (Lipinski definition) is 1. The van der Waals surface area contributed by atoms with Crippen molar-refractivity contribution in [2.24, 2.45) is 30.7 Å². The molecule has 0 aromatic carbocycles. The molecule has 0 aliphatic heterocycles. The molecule has 4 aliphatic carbocycles. The van der Waals surface area contributed by atoms with Gasteiger partial charge in [-0.25, -0.2) is 4.98 Å². The summed E-state index contributed by atoms with van der Waals surface area (Å²) in [4.78, 5) is 4.92. The van der Waals surface area contributed by atoms with E-state index in [1.165, 1.54) is 32.1 Å². The minimum absolute atomic E-state index is 0.276. The molecule has 1 unspecified atom stereocenters. The van der Waals surface area contributed by atoms with Gasteiger partial charge in [0.25, 0.3) is 0 Å². The van der Waals surface area contributed by atoms with E-state index in [4.69, 9.17) is 10.1 Å². The van der Waals surface area contributed by atoms with Gasteiger partial charge in [0.15, 0.2) is 5.82 Å². The van der Waals surface area contributed by atoms with Gasteiger partial charge in [-0.2, -0.15) is 5.10 Å². The average Bonchev–Trinajstić information content (AvgIpc) is 2.78. The second-order valence-corrected chi connectivity index (χ2v) is 7.42. The zero-order valence-electron chi connectivity index (χ0n) is 12.8. The molecule has 1 N–H and O–H groups in total. The summed E-state index contributed by atoms with van der Waals surface area (Å²) >= 11 is 0. The summed E-state index contributed by atoms with van der Waals surface area (Å²) in [5.74, 6) is 6.64. The lowest BCUT2D eigenvalue weighted by Gasteiger charge is -2.53. The molecule has 1 aromatic rings. The van der Waals surface area contributed by atoms with Gasteiger partial charge in [-0.1, -0.05) is 0 Å². The summed E-state index contributed by atoms with van der Waals surface area (Å²) in [5.41, 5.74) is 0. The van der Waals surface area contributed by atoms with Crippen LogP contribution >= 0.6 is 0 Å². The monoisotopic (exact) mass is 274 g/mol. The molecule has 4 fully saturated rings. The van der Waals surface area contributed by atoms with Gasteiger partial charge in [0.05, 0.1) is 6.04 Å². The minimum atomic E-state index is 0.276. The van der Waals surface area contributed by atoms with Crippen molar-refractivity contribution in [1.29, 1.82) is 0 Å². The lowest BCUT2D eigenvalue weighted by molar-refractivity contribution is -0.00567. The van der Waals surface area contributed by atoms with Crippen LogP contribution in [0.1, 0.15) is 62.6 Å². The molecule has 4 nitrogen and oxygen atoms in total. The highest BCUT2D eigenvalue weighted by molar-refractivity contribution is 5.12. The molecule has 0 amide bonds. The largest absolute Gasteiger partial charge is 0.311 e. The predicted octanol–water partition coefficient (Wildman–Crippen LogP) is 2.64. The Morgan fingerprint density at radius 3 is 2.25 bits per heavy atom. The first kappa shape index (κ1) is 12.8. The molecule has 4 aliphatic rings. The summed E-state index contributed by atoms with van der Waals surface area (Å²) in [5, 5.41) is 8.07. The lowest BCUT2D eigenvalue weighted by Crippen LogP contribution is -2.44. The standard InChI is InChI=1S/C16H26N4/c1-9(17-2)16-18-15(19-20(16)3)14-12-5-10-4-11(7-12)8-13(14)6-10/h9-14,17H,4-8H2,1-3H3. The van der Waals surface area contributed by atoms with Gasteiger partial charge in [-0.3, -0.25) is 4.68 Å². The molecule has 1 aromatic heterocycles. The Kier molecular flexibility index (Phi) is 2.92. The Balaban J connectivity index is 1.64. The maximum atomic E-state index is 4.92. The van der Waals surface area contributed by atoms with Gasteiger partial charge in [-0.05, 0) is 69.7 Å². The molecule has 20 heavy (non-hydrogen) atoms. The first-order valence-electron chi connectivity index (χ1n) is 8.23. The SMILES string of the molecule is CNC(C)c1nc(C2C3CC4CC(C3)CC2C4)nn1C. The lowest BCUT2D eigenvalue weighted by atomic mass is 9.52. The van der Waals surface area contributed by atoms with Crippen LogP contribution in [0.4, 0.5) is 0 Å². The van der Waals surface area contributed by atoms with Crippen molar-refractivity contribution in [2.75, 3.05) is 7.05 Å². The van der Waals surface area contributed by atoms with E-state index in [0.717, 1.165) is 35.3 Å². The second kappa shape index (κ2) is 4.55. The van der Waals surface area contributed by atoms with Gasteiger partial charge < -0.3 is 5.32 Å². The van der Waals surface area contributed by atoms with Gasteiger partial charge in [0.1, 0.15) is 5.82 Å². The number of aryl methyl sites for hydroxylation is 1. The zero-order chi connectivity index (χ0) is 13.9. The third-order valence-electron chi connectivity index (χ3n) is 6.16. The topological polar surface area (TPSA) is 42.7 Å². The third-order valence-corrected chi connectivity index (χ3v) is 6.16. The van der Waals surface area contributed by atoms with Crippen molar-refractivity contribution in [3.8, 4) is 0 Å². The molecule has 0 spiro atoms. The minimum Gasteiger partial charge on any atom is -0.311 e. The Bertz CT molecular complexity index is 479. The molecule has 4 saturated carbocycles. The van der Waals surface area contributed by atoms with E-state index >= 15 is 0 Å². The van der Waals surface area contributed by atoms with Crippen LogP contribution in [0.25, 0.3) is 0 Å². The molecule has 0 radical (unpaired) electrons. The Morgan fingerprint density at radius 1 is 1.10 bits per heavy atom. The van der Waals surface area contributed by atoms with Crippen LogP contribution in [0.15, 0.2) is 0 Å². The molecule has 110 valence electrons. The highest BCUT2D eigenvalue weighted by Crippen LogP contribution is 2.59. The molecule has 4 heteroatoms. The highest BCUT2D eigenvalue weighted by Gasteiger charge is 2.50. The van der Waals surface area contributed by atoms with Gasteiger partial charge in [0, 0.05) is 13.0 Å². The fourth-order valence-electron chi connectivity index (χ4n) is 5.41. The number of rotatable bonds is 3. The van der Waals surface area contributed by atoms with Crippen molar-refractivity contribution in [3.63, 3.8) is 0 Å². The molecule has 1 heterocycles. The molecular formula is C16H26N4. The van der Waals surface area contributed by atoms with Crippen molar-refractivity contribution in [2.45, 2.75) is 51.0 Å². The Labute approximate surface area is 121 Å². The zero-order valence-corrected chi connectivity index (χ0v) is 12.8. The summed E-state index contributed by atoms with van der Waals surface area (Å²) < 4.78 is 1.99. The Morgan fingerprint density at radius 2 is 1.70 bits per heavy atom. The van der Waals surface area contributed by atoms with E-state index in [1.54, 1.807) is 0 Å². The van der Waals surface area contributed by atoms with E-state index < -0.39 is 0 Å². The van der Waals surface area contributed by atoms with Crippen molar-refractivity contribution in [1.82, 2.24) is 20.1 Å². The second-order valence-electron chi connectivity index (χ2n) is 7.42. The summed E-state index contributed by atoms with van der Waals surface area (Å²) in [7, 11) is 4.03. The van der Waals surface area contributed by atoms with E-state index in [9.17, 15) is 0 Å². The quantitative estimate of drug-likeness (QED) is 0.921. The van der Waals surface area contributed by atoms with E-state index in [2.05, 4.69) is 12.2 Å². The van der Waals surface area contributed by atoms with Gasteiger partial charge >= 0.3 is 0 Å². The van der Waals surface area contributed by atoms with Gasteiger partial charge in [-0.15, -0.1) is 0 Å². The van der Waals surface area contributed by atoms with Crippen LogP contribution in [0.3, 0.4) is 0 Å². The fourth-order valence-corrected chi connectivity index (χ4v) is 5.41. The van der Waals surface area contributed by atoms with Crippen molar-refractivity contribution < 1.29 is 0 Å². The molecular weight excluding hydrogens is 248 g/mol. The maximum Gasteiger partial charge on any atom is 0.154 e. The van der Waals surface area contributed by atoms with E-state index in [1.807, 2.05) is 18.8 Å². The van der Waals surface area contributed by atoms with E-state index in [0.29, 0.717) is 5.92 Å². The summed E-state index contributed by atoms with van der Waals surface area (Å²) in [6.07, 6.45) is 7.26. The smallest absolute Gasteiger partial charge is 0.154 e. The third kappa shape index (κ3) is 1.84. The van der Waals surface area contributed by atoms with Crippen LogP contribution in [-0.4, -0.2) is 21.8 Å². The van der Waals surface area contributed by atoms with Crippen molar-refractivity contribution >= 4 is 0 Å². The van der Waals surface area contributed by atoms with Crippen LogP contribution in [-0.2, 0) is 7.05 Å². The average molecular weight is 274 g/mol. The first-order valence-corrected chi connectivity index (χ1v) is 8.23. The fraction of sp³-hybridized carbons (Fsp3) is 0.875. The normalized spacial score (nSPS) is 40.2. The molecule has 0 saturated heterocycles. The number of hydrogen-bond acceptors (Lipinski definition) is 3. The summed E-state index contributed by atoms with van der Waals surface area (Å²) in [6, 6.07) is 0.276. The number of nitrogens with one attached hydrogen (secondary N) is 1. The van der Waals surface area contributed by atoms with Crippen LogP contribution in [0.2, 0.25) is 0 Å². The molecule has 4 bridgehead atoms.